The highest BCUT2D eigenvalue weighted by molar-refractivity contribution is 6.31. The molecule has 102 valence electrons. The van der Waals surface area contributed by atoms with Crippen molar-refractivity contribution in [1.29, 1.82) is 5.26 Å². The number of halogens is 1. The maximum Gasteiger partial charge on any atom is 0.101 e. The van der Waals surface area contributed by atoms with Crippen molar-refractivity contribution < 1.29 is 0 Å². The van der Waals surface area contributed by atoms with Crippen LogP contribution in [0.2, 0.25) is 5.02 Å². The first kappa shape index (κ1) is 14.2. The van der Waals surface area contributed by atoms with E-state index >= 15 is 0 Å². The zero-order valence-electron chi connectivity index (χ0n) is 11.3. The first-order valence-corrected chi connectivity index (χ1v) is 7.29. The Bertz CT molecular complexity index is 467. The summed E-state index contributed by atoms with van der Waals surface area (Å²) < 4.78 is 0. The second kappa shape index (κ2) is 6.79. The van der Waals surface area contributed by atoms with Crippen LogP contribution < -0.4 is 5.32 Å². The van der Waals surface area contributed by atoms with E-state index in [1.807, 2.05) is 12.1 Å². The lowest BCUT2D eigenvalue weighted by Crippen LogP contribution is -2.26. The molecule has 0 aromatic heterocycles. The first-order valence-electron chi connectivity index (χ1n) is 6.91. The van der Waals surface area contributed by atoms with Gasteiger partial charge in [-0.05, 0) is 50.6 Å². The Morgan fingerprint density at radius 2 is 2.26 bits per heavy atom. The number of rotatable bonds is 3. The highest BCUT2D eigenvalue weighted by atomic mass is 35.5. The average molecular weight is 278 g/mol. The second-order valence-electron chi connectivity index (χ2n) is 5.01. The summed E-state index contributed by atoms with van der Waals surface area (Å²) in [6.07, 6.45) is 3.56. The van der Waals surface area contributed by atoms with Crippen LogP contribution in [0.5, 0.6) is 0 Å². The van der Waals surface area contributed by atoms with Crippen LogP contribution in [-0.4, -0.2) is 30.6 Å². The summed E-state index contributed by atoms with van der Waals surface area (Å²) >= 11 is 5.95. The van der Waals surface area contributed by atoms with Gasteiger partial charge in [-0.3, -0.25) is 0 Å². The lowest BCUT2D eigenvalue weighted by atomic mass is 10.1. The minimum atomic E-state index is 0.490. The Kier molecular flexibility index (Phi) is 5.07. The number of hydrogen-bond donors (Lipinski definition) is 1. The molecule has 1 atom stereocenters. The third-order valence-corrected chi connectivity index (χ3v) is 4.06. The lowest BCUT2D eigenvalue weighted by molar-refractivity contribution is 0.300. The van der Waals surface area contributed by atoms with Crippen molar-refractivity contribution in [2.24, 2.45) is 0 Å². The number of hydrogen-bond acceptors (Lipinski definition) is 3. The van der Waals surface area contributed by atoms with E-state index in [1.54, 1.807) is 6.07 Å². The van der Waals surface area contributed by atoms with Gasteiger partial charge >= 0.3 is 0 Å². The van der Waals surface area contributed by atoms with E-state index in [1.165, 1.54) is 19.4 Å². The van der Waals surface area contributed by atoms with E-state index in [4.69, 9.17) is 16.9 Å². The predicted molar refractivity (Wildman–Crippen MR) is 79.5 cm³/mol. The van der Waals surface area contributed by atoms with Crippen LogP contribution in [0.1, 0.15) is 31.7 Å². The lowest BCUT2D eigenvalue weighted by Gasteiger charge is -2.19. The van der Waals surface area contributed by atoms with Crippen molar-refractivity contribution in [3.05, 3.63) is 28.8 Å². The van der Waals surface area contributed by atoms with E-state index in [2.05, 4.69) is 23.2 Å². The first-order chi connectivity index (χ1) is 9.22. The third-order valence-electron chi connectivity index (χ3n) is 3.73. The molecule has 0 bridgehead atoms. The molecule has 2 rings (SSSR count). The van der Waals surface area contributed by atoms with Crippen LogP contribution in [0.3, 0.4) is 0 Å². The van der Waals surface area contributed by atoms with Gasteiger partial charge < -0.3 is 10.2 Å². The minimum Gasteiger partial charge on any atom is -0.382 e. The van der Waals surface area contributed by atoms with Crippen molar-refractivity contribution in [2.45, 2.75) is 32.2 Å². The predicted octanol–water partition coefficient (Wildman–Crippen LogP) is 3.50. The minimum absolute atomic E-state index is 0.490. The van der Waals surface area contributed by atoms with Crippen molar-refractivity contribution in [1.82, 2.24) is 4.90 Å². The van der Waals surface area contributed by atoms with Crippen LogP contribution in [0.4, 0.5) is 5.69 Å². The number of anilines is 1. The molecular formula is C15H20ClN3. The van der Waals surface area contributed by atoms with E-state index in [0.717, 1.165) is 25.2 Å². The molecule has 1 aromatic rings. The van der Waals surface area contributed by atoms with Crippen LogP contribution >= 0.6 is 11.6 Å². The molecule has 1 aliphatic rings. The molecule has 0 radical (unpaired) electrons. The molecule has 0 aliphatic carbocycles. The number of benzene rings is 1. The Morgan fingerprint density at radius 1 is 1.42 bits per heavy atom. The molecule has 0 saturated carbocycles. The van der Waals surface area contributed by atoms with Gasteiger partial charge in [-0.15, -0.1) is 0 Å². The van der Waals surface area contributed by atoms with Crippen molar-refractivity contribution in [3.8, 4) is 6.07 Å². The Morgan fingerprint density at radius 3 is 3.00 bits per heavy atom. The summed E-state index contributed by atoms with van der Waals surface area (Å²) in [5.74, 6) is 0. The maximum absolute atomic E-state index is 8.99. The van der Waals surface area contributed by atoms with E-state index in [-0.39, 0.29) is 0 Å². The van der Waals surface area contributed by atoms with Crippen molar-refractivity contribution >= 4 is 17.3 Å². The molecule has 19 heavy (non-hydrogen) atoms. The zero-order chi connectivity index (χ0) is 13.7. The normalized spacial score (nSPS) is 20.6. The van der Waals surface area contributed by atoms with Gasteiger partial charge in [0.15, 0.2) is 0 Å². The molecule has 3 nitrogen and oxygen atoms in total. The van der Waals surface area contributed by atoms with Gasteiger partial charge in [0.1, 0.15) is 6.07 Å². The Hall–Kier alpha value is -1.24. The number of nitrogens with zero attached hydrogens (tertiary/aromatic N) is 2. The number of nitrogens with one attached hydrogen (secondary N) is 1. The van der Waals surface area contributed by atoms with Crippen molar-refractivity contribution in [2.75, 3.05) is 25.0 Å². The summed E-state index contributed by atoms with van der Waals surface area (Å²) in [5, 5.41) is 13.0. The molecule has 1 heterocycles. The Labute approximate surface area is 120 Å². The van der Waals surface area contributed by atoms with Gasteiger partial charge in [0.25, 0.3) is 0 Å². The molecule has 1 saturated heterocycles. The standard InChI is InChI=1S/C15H20ClN3/c1-2-19-8-3-4-13(7-9-19)18-14-5-6-15(16)12(10-14)11-17/h5-6,10,13,18H,2-4,7-9H2,1H3. The van der Waals surface area contributed by atoms with Gasteiger partial charge in [-0.25, -0.2) is 0 Å². The van der Waals surface area contributed by atoms with Gasteiger partial charge in [0, 0.05) is 18.3 Å². The van der Waals surface area contributed by atoms with E-state index in [9.17, 15) is 0 Å². The molecule has 4 heteroatoms. The molecule has 0 amide bonds. The van der Waals surface area contributed by atoms with Gasteiger partial charge in [0.05, 0.1) is 10.6 Å². The third kappa shape index (κ3) is 3.86. The summed E-state index contributed by atoms with van der Waals surface area (Å²) in [7, 11) is 0. The fourth-order valence-corrected chi connectivity index (χ4v) is 2.71. The smallest absolute Gasteiger partial charge is 0.101 e. The topological polar surface area (TPSA) is 39.1 Å². The second-order valence-corrected chi connectivity index (χ2v) is 5.42. The SMILES string of the molecule is CCN1CCCC(Nc2ccc(Cl)c(C#N)c2)CC1. The van der Waals surface area contributed by atoms with Crippen LogP contribution in [-0.2, 0) is 0 Å². The molecule has 1 aromatic carbocycles. The highest BCUT2D eigenvalue weighted by Gasteiger charge is 2.16. The van der Waals surface area contributed by atoms with Gasteiger partial charge in [0.2, 0.25) is 0 Å². The average Bonchev–Trinajstić information content (AvgIpc) is 2.66. The summed E-state index contributed by atoms with van der Waals surface area (Å²) in [4.78, 5) is 2.49. The van der Waals surface area contributed by atoms with Gasteiger partial charge in [-0.2, -0.15) is 5.26 Å². The summed E-state index contributed by atoms with van der Waals surface area (Å²) in [5.41, 5.74) is 1.53. The highest BCUT2D eigenvalue weighted by Crippen LogP contribution is 2.22. The fraction of sp³-hybridized carbons (Fsp3) is 0.533. The van der Waals surface area contributed by atoms with Crippen LogP contribution in [0.15, 0.2) is 18.2 Å². The Balaban J connectivity index is 1.99. The largest absolute Gasteiger partial charge is 0.382 e. The molecule has 0 spiro atoms. The van der Waals surface area contributed by atoms with Crippen molar-refractivity contribution in [3.63, 3.8) is 0 Å². The quantitative estimate of drug-likeness (QED) is 0.919. The zero-order valence-corrected chi connectivity index (χ0v) is 12.1. The number of likely N-dealkylation sites (tertiary alicyclic amines) is 1. The van der Waals surface area contributed by atoms with E-state index in [0.29, 0.717) is 16.6 Å². The summed E-state index contributed by atoms with van der Waals surface area (Å²) in [6.45, 7) is 5.68. The fourth-order valence-electron chi connectivity index (χ4n) is 2.55. The summed E-state index contributed by atoms with van der Waals surface area (Å²) in [6, 6.07) is 8.19. The molecule has 1 N–H and O–H groups in total. The molecule has 1 fully saturated rings. The number of nitriles is 1. The van der Waals surface area contributed by atoms with Crippen LogP contribution in [0, 0.1) is 11.3 Å². The van der Waals surface area contributed by atoms with Crippen LogP contribution in [0.25, 0.3) is 0 Å². The molecule has 1 aliphatic heterocycles. The maximum atomic E-state index is 8.99. The molecule has 1 unspecified atom stereocenters. The van der Waals surface area contributed by atoms with E-state index < -0.39 is 0 Å². The van der Waals surface area contributed by atoms with Gasteiger partial charge in [-0.1, -0.05) is 18.5 Å². The molecular weight excluding hydrogens is 258 g/mol. The monoisotopic (exact) mass is 277 g/mol.